The van der Waals surface area contributed by atoms with Crippen molar-refractivity contribution >= 4 is 5.97 Å². The van der Waals surface area contributed by atoms with Crippen molar-refractivity contribution in [2.45, 2.75) is 32.7 Å². The number of aromatic carboxylic acids is 1. The third kappa shape index (κ3) is 1.10. The zero-order valence-corrected chi connectivity index (χ0v) is 10.2. The Balaban J connectivity index is 1.81. The van der Waals surface area contributed by atoms with Gasteiger partial charge in [0, 0.05) is 17.4 Å². The van der Waals surface area contributed by atoms with E-state index in [9.17, 15) is 9.90 Å². The molecule has 3 nitrogen and oxygen atoms in total. The lowest BCUT2D eigenvalue weighted by atomic mass is 10.1. The Kier molecular flexibility index (Phi) is 1.59. The molecule has 90 valence electrons. The zero-order chi connectivity index (χ0) is 11.9. The molecule has 0 spiro atoms. The molecule has 1 N–H and O–H groups in total. The molecule has 1 aromatic heterocycles. The average Bonchev–Trinajstić information content (AvgIpc) is 3.12. The Morgan fingerprint density at radius 1 is 1.24 bits per heavy atom. The van der Waals surface area contributed by atoms with Gasteiger partial charge in [-0.3, -0.25) is 0 Å². The monoisotopic (exact) mass is 231 g/mol. The van der Waals surface area contributed by atoms with Gasteiger partial charge in [-0.1, -0.05) is 0 Å². The molecule has 0 aliphatic heterocycles. The molecular formula is C14H17NO2. The van der Waals surface area contributed by atoms with Crippen molar-refractivity contribution in [2.75, 3.05) is 0 Å². The van der Waals surface area contributed by atoms with E-state index in [-0.39, 0.29) is 0 Å². The van der Waals surface area contributed by atoms with Gasteiger partial charge in [-0.25, -0.2) is 4.79 Å². The fourth-order valence-electron chi connectivity index (χ4n) is 4.39. The first-order valence-corrected chi connectivity index (χ1v) is 6.51. The van der Waals surface area contributed by atoms with E-state index < -0.39 is 5.97 Å². The van der Waals surface area contributed by atoms with Gasteiger partial charge in [0.15, 0.2) is 0 Å². The summed E-state index contributed by atoms with van der Waals surface area (Å²) >= 11 is 0. The number of carboxylic acid groups (broad SMARTS) is 1. The molecule has 1 aromatic rings. The molecule has 4 rings (SSSR count). The second-order valence-corrected chi connectivity index (χ2v) is 6.08. The number of rotatable bonds is 2. The van der Waals surface area contributed by atoms with Crippen molar-refractivity contribution in [1.82, 2.24) is 4.57 Å². The lowest BCUT2D eigenvalue weighted by Crippen LogP contribution is -2.15. The van der Waals surface area contributed by atoms with Crippen LogP contribution in [0.4, 0.5) is 0 Å². The summed E-state index contributed by atoms with van der Waals surface area (Å²) in [6.07, 6.45) is 2.76. The number of fused-ring (bicyclic) bond motifs is 3. The van der Waals surface area contributed by atoms with Crippen LogP contribution in [0.15, 0.2) is 6.07 Å². The van der Waals surface area contributed by atoms with Gasteiger partial charge in [-0.2, -0.15) is 0 Å². The van der Waals surface area contributed by atoms with E-state index in [4.69, 9.17) is 0 Å². The summed E-state index contributed by atoms with van der Waals surface area (Å²) in [5, 5.41) is 9.19. The second kappa shape index (κ2) is 2.77. The Hall–Kier alpha value is -1.25. The third-order valence-electron chi connectivity index (χ3n) is 5.22. The largest absolute Gasteiger partial charge is 0.478 e. The van der Waals surface area contributed by atoms with Crippen molar-refractivity contribution < 1.29 is 9.90 Å². The summed E-state index contributed by atoms with van der Waals surface area (Å²) < 4.78 is 2.33. The summed E-state index contributed by atoms with van der Waals surface area (Å²) in [7, 11) is 0. The molecule has 3 fully saturated rings. The first kappa shape index (κ1) is 9.75. The molecule has 0 unspecified atom stereocenters. The van der Waals surface area contributed by atoms with Gasteiger partial charge >= 0.3 is 5.97 Å². The number of aryl methyl sites for hydroxylation is 1. The van der Waals surface area contributed by atoms with E-state index in [1.54, 1.807) is 0 Å². The molecule has 4 atom stereocenters. The van der Waals surface area contributed by atoms with Crippen LogP contribution in [0, 0.1) is 37.5 Å². The van der Waals surface area contributed by atoms with Crippen LogP contribution < -0.4 is 0 Å². The molecule has 0 radical (unpaired) electrons. The molecule has 3 aliphatic rings. The highest BCUT2D eigenvalue weighted by molar-refractivity contribution is 5.89. The molecule has 0 bridgehead atoms. The molecular weight excluding hydrogens is 214 g/mol. The van der Waals surface area contributed by atoms with Crippen LogP contribution in [0.1, 0.15) is 40.6 Å². The minimum absolute atomic E-state index is 0.490. The number of hydrogen-bond acceptors (Lipinski definition) is 1. The van der Waals surface area contributed by atoms with Gasteiger partial charge in [0.25, 0.3) is 0 Å². The molecule has 3 heteroatoms. The number of nitrogens with zero attached hydrogens (tertiary/aromatic N) is 1. The summed E-state index contributed by atoms with van der Waals surface area (Å²) in [5.41, 5.74) is 2.57. The fourth-order valence-corrected chi connectivity index (χ4v) is 4.39. The maximum absolute atomic E-state index is 11.2. The van der Waals surface area contributed by atoms with Gasteiger partial charge in [0.2, 0.25) is 0 Å². The third-order valence-corrected chi connectivity index (χ3v) is 5.22. The Morgan fingerprint density at radius 3 is 2.29 bits per heavy atom. The summed E-state index contributed by atoms with van der Waals surface area (Å²) in [4.78, 5) is 11.2. The molecule has 3 aliphatic carbocycles. The van der Waals surface area contributed by atoms with E-state index in [0.717, 1.165) is 35.1 Å². The van der Waals surface area contributed by atoms with Gasteiger partial charge in [0.05, 0.1) is 5.56 Å². The number of aromatic nitrogens is 1. The maximum atomic E-state index is 11.2. The fraction of sp³-hybridized carbons (Fsp3) is 0.643. The molecule has 17 heavy (non-hydrogen) atoms. The van der Waals surface area contributed by atoms with Crippen LogP contribution in [0.2, 0.25) is 0 Å². The highest BCUT2D eigenvalue weighted by atomic mass is 16.4. The summed E-state index contributed by atoms with van der Waals surface area (Å²) in [6.45, 7) is 4.01. The lowest BCUT2D eigenvalue weighted by Gasteiger charge is -2.21. The van der Waals surface area contributed by atoms with E-state index in [1.165, 1.54) is 12.8 Å². The Bertz CT molecular complexity index is 515. The molecule has 1 heterocycles. The minimum Gasteiger partial charge on any atom is -0.478 e. The zero-order valence-electron chi connectivity index (χ0n) is 10.2. The van der Waals surface area contributed by atoms with E-state index in [1.807, 2.05) is 19.9 Å². The SMILES string of the molecule is Cc1cc(C(=O)O)c(C)n1C1[C@@H]2C[C@@H]2[C@H]2C[C@@H]12. The van der Waals surface area contributed by atoms with Gasteiger partial charge < -0.3 is 9.67 Å². The molecule has 3 saturated carbocycles. The van der Waals surface area contributed by atoms with Crippen LogP contribution >= 0.6 is 0 Å². The second-order valence-electron chi connectivity index (χ2n) is 6.08. The predicted octanol–water partition coefficient (Wildman–Crippen LogP) is 2.63. The number of hydrogen-bond donors (Lipinski definition) is 1. The summed E-state index contributed by atoms with van der Waals surface area (Å²) in [6, 6.07) is 2.45. The van der Waals surface area contributed by atoms with Gasteiger partial charge in [0.1, 0.15) is 0 Å². The Labute approximate surface area is 100 Å². The highest BCUT2D eigenvalue weighted by Gasteiger charge is 2.67. The number of carboxylic acids is 1. The predicted molar refractivity (Wildman–Crippen MR) is 63.1 cm³/mol. The topological polar surface area (TPSA) is 42.2 Å². The lowest BCUT2D eigenvalue weighted by molar-refractivity contribution is 0.0696. The van der Waals surface area contributed by atoms with Crippen molar-refractivity contribution in [3.63, 3.8) is 0 Å². The van der Waals surface area contributed by atoms with Crippen molar-refractivity contribution in [3.8, 4) is 0 Å². The quantitative estimate of drug-likeness (QED) is 0.850. The smallest absolute Gasteiger partial charge is 0.337 e. The summed E-state index contributed by atoms with van der Waals surface area (Å²) in [5.74, 6) is 2.86. The minimum atomic E-state index is -0.790. The molecule has 0 saturated heterocycles. The van der Waals surface area contributed by atoms with Crippen LogP contribution in [0.3, 0.4) is 0 Å². The molecule has 0 amide bonds. The maximum Gasteiger partial charge on any atom is 0.337 e. The van der Waals surface area contributed by atoms with Crippen LogP contribution in [0.5, 0.6) is 0 Å². The normalized spacial score (nSPS) is 40.9. The van der Waals surface area contributed by atoms with E-state index in [2.05, 4.69) is 4.57 Å². The van der Waals surface area contributed by atoms with E-state index >= 15 is 0 Å². The van der Waals surface area contributed by atoms with Crippen LogP contribution in [-0.4, -0.2) is 15.6 Å². The standard InChI is InChI=1S/C14H17NO2/c1-6-3-8(14(16)17)7(2)15(6)13-11-4-9(11)10-5-12(10)13/h3,9-13H,4-5H2,1-2H3,(H,16,17)/t9-,10-,11-,12-/m1/s1. The first-order chi connectivity index (χ1) is 8.09. The van der Waals surface area contributed by atoms with Gasteiger partial charge in [-0.05, 0) is 56.4 Å². The number of carbonyl (C=O) groups is 1. The van der Waals surface area contributed by atoms with E-state index in [0.29, 0.717) is 11.6 Å². The van der Waals surface area contributed by atoms with Crippen LogP contribution in [0.25, 0.3) is 0 Å². The van der Waals surface area contributed by atoms with Gasteiger partial charge in [-0.15, -0.1) is 0 Å². The van der Waals surface area contributed by atoms with Crippen molar-refractivity contribution in [1.29, 1.82) is 0 Å². The average molecular weight is 231 g/mol. The first-order valence-electron chi connectivity index (χ1n) is 6.51. The van der Waals surface area contributed by atoms with Crippen LogP contribution in [-0.2, 0) is 0 Å². The highest BCUT2D eigenvalue weighted by Crippen LogP contribution is 2.74. The van der Waals surface area contributed by atoms with Crippen molar-refractivity contribution in [2.24, 2.45) is 23.7 Å². The molecule has 0 aromatic carbocycles. The Morgan fingerprint density at radius 2 is 1.82 bits per heavy atom. The van der Waals surface area contributed by atoms with Crippen molar-refractivity contribution in [3.05, 3.63) is 23.0 Å².